The van der Waals surface area contributed by atoms with Crippen LogP contribution in [0.5, 0.6) is 0 Å². The first kappa shape index (κ1) is 18.2. The van der Waals surface area contributed by atoms with Crippen molar-refractivity contribution in [3.05, 3.63) is 35.2 Å². The maximum atomic E-state index is 5.89. The van der Waals surface area contributed by atoms with E-state index in [2.05, 4.69) is 20.4 Å². The summed E-state index contributed by atoms with van der Waals surface area (Å²) >= 11 is 5.89. The first-order chi connectivity index (χ1) is 10.7. The van der Waals surface area contributed by atoms with Crippen molar-refractivity contribution in [3.8, 4) is 11.4 Å². The number of aromatic nitrogens is 2. The van der Waals surface area contributed by atoms with Crippen LogP contribution in [0.2, 0.25) is 5.02 Å². The standard InChI is InChI=1S/C16H21ClN4O.ClH/c1-18-14-3-2-9-21(11-14)10-8-15-19-16(20-22-15)12-4-6-13(17)7-5-12;/h4-7,14,18H,2-3,8-11H2,1H3;1H. The molecule has 1 unspecified atom stereocenters. The van der Waals surface area contributed by atoms with Crippen LogP contribution in [0.15, 0.2) is 28.8 Å². The SMILES string of the molecule is CNC1CCCN(CCc2nc(-c3ccc(Cl)cc3)no2)C1.Cl. The summed E-state index contributed by atoms with van der Waals surface area (Å²) in [6.45, 7) is 3.20. The summed E-state index contributed by atoms with van der Waals surface area (Å²) in [5.74, 6) is 1.31. The van der Waals surface area contributed by atoms with Gasteiger partial charge in [-0.15, -0.1) is 12.4 Å². The van der Waals surface area contributed by atoms with Crippen molar-refractivity contribution < 1.29 is 4.52 Å². The number of rotatable bonds is 5. The van der Waals surface area contributed by atoms with Crippen molar-refractivity contribution in [2.75, 3.05) is 26.7 Å². The smallest absolute Gasteiger partial charge is 0.228 e. The van der Waals surface area contributed by atoms with E-state index in [4.69, 9.17) is 16.1 Å². The van der Waals surface area contributed by atoms with Gasteiger partial charge in [0.1, 0.15) is 0 Å². The van der Waals surface area contributed by atoms with Crippen molar-refractivity contribution in [1.29, 1.82) is 0 Å². The van der Waals surface area contributed by atoms with E-state index in [-0.39, 0.29) is 12.4 Å². The number of nitrogens with zero attached hydrogens (tertiary/aromatic N) is 3. The predicted octanol–water partition coefficient (Wildman–Crippen LogP) is 3.04. The maximum absolute atomic E-state index is 5.89. The van der Waals surface area contributed by atoms with Gasteiger partial charge in [-0.3, -0.25) is 0 Å². The quantitative estimate of drug-likeness (QED) is 0.892. The Labute approximate surface area is 147 Å². The molecule has 0 saturated carbocycles. The lowest BCUT2D eigenvalue weighted by atomic mass is 10.1. The molecule has 0 amide bonds. The zero-order chi connectivity index (χ0) is 15.4. The van der Waals surface area contributed by atoms with Crippen LogP contribution in [-0.2, 0) is 6.42 Å². The molecule has 0 radical (unpaired) electrons. The molecule has 1 aromatic heterocycles. The van der Waals surface area contributed by atoms with Crippen molar-refractivity contribution in [2.45, 2.75) is 25.3 Å². The fraction of sp³-hybridized carbons (Fsp3) is 0.500. The molecule has 0 spiro atoms. The average Bonchev–Trinajstić information content (AvgIpc) is 3.03. The third-order valence-corrected chi connectivity index (χ3v) is 4.38. The van der Waals surface area contributed by atoms with E-state index in [1.54, 1.807) is 0 Å². The minimum absolute atomic E-state index is 0. The van der Waals surface area contributed by atoms with Crippen molar-refractivity contribution in [3.63, 3.8) is 0 Å². The van der Waals surface area contributed by atoms with Crippen LogP contribution in [0.3, 0.4) is 0 Å². The normalized spacial score (nSPS) is 18.6. The molecule has 1 fully saturated rings. The lowest BCUT2D eigenvalue weighted by molar-refractivity contribution is 0.191. The Bertz CT molecular complexity index is 602. The third kappa shape index (κ3) is 4.91. The number of benzene rings is 1. The third-order valence-electron chi connectivity index (χ3n) is 4.13. The second-order valence-electron chi connectivity index (χ2n) is 5.70. The molecule has 126 valence electrons. The highest BCUT2D eigenvalue weighted by Gasteiger charge is 2.19. The first-order valence-electron chi connectivity index (χ1n) is 7.73. The summed E-state index contributed by atoms with van der Waals surface area (Å²) in [6, 6.07) is 8.07. The van der Waals surface area contributed by atoms with Crippen LogP contribution in [0, 0.1) is 0 Å². The summed E-state index contributed by atoms with van der Waals surface area (Å²) in [5.41, 5.74) is 0.924. The molecule has 5 nitrogen and oxygen atoms in total. The Morgan fingerprint density at radius 2 is 2.13 bits per heavy atom. The first-order valence-corrected chi connectivity index (χ1v) is 8.10. The molecular weight excluding hydrogens is 335 g/mol. The number of halogens is 2. The van der Waals surface area contributed by atoms with Crippen molar-refractivity contribution in [2.24, 2.45) is 0 Å². The van der Waals surface area contributed by atoms with Crippen molar-refractivity contribution in [1.82, 2.24) is 20.4 Å². The summed E-state index contributed by atoms with van der Waals surface area (Å²) < 4.78 is 5.36. The van der Waals surface area contributed by atoms with E-state index in [1.165, 1.54) is 12.8 Å². The Kier molecular flexibility index (Phi) is 6.84. The molecular formula is C16H22Cl2N4O. The Morgan fingerprint density at radius 3 is 2.87 bits per heavy atom. The molecule has 1 atom stereocenters. The minimum Gasteiger partial charge on any atom is -0.339 e. The highest BCUT2D eigenvalue weighted by molar-refractivity contribution is 6.30. The van der Waals surface area contributed by atoms with Gasteiger partial charge >= 0.3 is 0 Å². The Morgan fingerprint density at radius 1 is 1.35 bits per heavy atom. The van der Waals surface area contributed by atoms with Gasteiger partial charge in [0.2, 0.25) is 11.7 Å². The molecule has 2 heterocycles. The Hall–Kier alpha value is -1.14. The van der Waals surface area contributed by atoms with E-state index < -0.39 is 0 Å². The lowest BCUT2D eigenvalue weighted by Crippen LogP contribution is -2.44. The van der Waals surface area contributed by atoms with Crippen LogP contribution < -0.4 is 5.32 Å². The van der Waals surface area contributed by atoms with Gasteiger partial charge in [-0.1, -0.05) is 16.8 Å². The van der Waals surface area contributed by atoms with Gasteiger partial charge in [0.15, 0.2) is 0 Å². The molecule has 0 aliphatic carbocycles. The van der Waals surface area contributed by atoms with Crippen LogP contribution in [-0.4, -0.2) is 47.8 Å². The van der Waals surface area contributed by atoms with E-state index in [0.29, 0.717) is 22.8 Å². The molecule has 7 heteroatoms. The number of likely N-dealkylation sites (tertiary alicyclic amines) is 1. The summed E-state index contributed by atoms with van der Waals surface area (Å²) in [7, 11) is 2.03. The molecule has 2 aromatic rings. The molecule has 23 heavy (non-hydrogen) atoms. The average molecular weight is 357 g/mol. The summed E-state index contributed by atoms with van der Waals surface area (Å²) in [6.07, 6.45) is 3.29. The number of likely N-dealkylation sites (N-methyl/N-ethyl adjacent to an activating group) is 1. The molecule has 0 bridgehead atoms. The van der Waals surface area contributed by atoms with Gasteiger partial charge in [0.05, 0.1) is 0 Å². The highest BCUT2D eigenvalue weighted by atomic mass is 35.5. The zero-order valence-corrected chi connectivity index (χ0v) is 14.7. The minimum atomic E-state index is 0. The summed E-state index contributed by atoms with van der Waals surface area (Å²) in [5, 5.41) is 8.11. The summed E-state index contributed by atoms with van der Waals surface area (Å²) in [4.78, 5) is 6.93. The van der Waals surface area contributed by atoms with Crippen LogP contribution in [0.4, 0.5) is 0 Å². The van der Waals surface area contributed by atoms with Crippen molar-refractivity contribution >= 4 is 24.0 Å². The largest absolute Gasteiger partial charge is 0.339 e. The molecule has 1 aliphatic heterocycles. The molecule has 3 rings (SSSR count). The second-order valence-corrected chi connectivity index (χ2v) is 6.13. The Balaban J connectivity index is 0.00000192. The van der Waals surface area contributed by atoms with Gasteiger partial charge in [-0.2, -0.15) is 4.98 Å². The van der Waals surface area contributed by atoms with Gasteiger partial charge in [0, 0.05) is 36.1 Å². The fourth-order valence-corrected chi connectivity index (χ4v) is 2.95. The second kappa shape index (κ2) is 8.64. The van der Waals surface area contributed by atoms with Gasteiger partial charge in [0.25, 0.3) is 0 Å². The van der Waals surface area contributed by atoms with E-state index in [0.717, 1.165) is 31.6 Å². The molecule has 1 N–H and O–H groups in total. The number of piperidine rings is 1. The fourth-order valence-electron chi connectivity index (χ4n) is 2.82. The van der Waals surface area contributed by atoms with E-state index in [9.17, 15) is 0 Å². The molecule has 1 aliphatic rings. The van der Waals surface area contributed by atoms with Crippen LogP contribution in [0.25, 0.3) is 11.4 Å². The monoisotopic (exact) mass is 356 g/mol. The highest BCUT2D eigenvalue weighted by Crippen LogP contribution is 2.19. The topological polar surface area (TPSA) is 54.2 Å². The van der Waals surface area contributed by atoms with Gasteiger partial charge < -0.3 is 14.7 Å². The van der Waals surface area contributed by atoms with Crippen LogP contribution >= 0.6 is 24.0 Å². The van der Waals surface area contributed by atoms with E-state index >= 15 is 0 Å². The predicted molar refractivity (Wildman–Crippen MR) is 94.2 cm³/mol. The zero-order valence-electron chi connectivity index (χ0n) is 13.2. The molecule has 1 saturated heterocycles. The maximum Gasteiger partial charge on any atom is 0.228 e. The van der Waals surface area contributed by atoms with Crippen LogP contribution in [0.1, 0.15) is 18.7 Å². The van der Waals surface area contributed by atoms with Gasteiger partial charge in [-0.25, -0.2) is 0 Å². The number of nitrogens with one attached hydrogen (secondary N) is 1. The van der Waals surface area contributed by atoms with E-state index in [1.807, 2.05) is 31.3 Å². The number of hydrogen-bond acceptors (Lipinski definition) is 5. The number of hydrogen-bond donors (Lipinski definition) is 1. The van der Waals surface area contributed by atoms with Gasteiger partial charge in [-0.05, 0) is 50.7 Å². The molecule has 1 aromatic carbocycles. The lowest BCUT2D eigenvalue weighted by Gasteiger charge is -2.32.